The highest BCUT2D eigenvalue weighted by Gasteiger charge is 2.37. The third-order valence-corrected chi connectivity index (χ3v) is 3.15. The predicted octanol–water partition coefficient (Wildman–Crippen LogP) is 1.87. The molecule has 3 heteroatoms. The van der Waals surface area contributed by atoms with E-state index in [1.165, 1.54) is 11.1 Å². The normalized spacial score (nSPS) is 16.4. The van der Waals surface area contributed by atoms with Crippen molar-refractivity contribution in [2.75, 3.05) is 0 Å². The van der Waals surface area contributed by atoms with Crippen molar-refractivity contribution in [3.05, 3.63) is 35.4 Å². The first-order chi connectivity index (χ1) is 7.01. The van der Waals surface area contributed by atoms with E-state index in [9.17, 15) is 4.79 Å². The molecular formula is C12H15NO2. The van der Waals surface area contributed by atoms with Gasteiger partial charge in [0.15, 0.2) is 0 Å². The van der Waals surface area contributed by atoms with Crippen molar-refractivity contribution < 1.29 is 9.90 Å². The molecule has 0 saturated carbocycles. The van der Waals surface area contributed by atoms with Crippen LogP contribution >= 0.6 is 0 Å². The molecule has 1 aliphatic rings. The first kappa shape index (κ1) is 10.2. The van der Waals surface area contributed by atoms with Gasteiger partial charge >= 0.3 is 5.97 Å². The fourth-order valence-corrected chi connectivity index (χ4v) is 1.86. The lowest BCUT2D eigenvalue weighted by atomic mass is 10.0. The Labute approximate surface area is 89.3 Å². The van der Waals surface area contributed by atoms with Crippen LogP contribution in [0, 0.1) is 0 Å². The van der Waals surface area contributed by atoms with Crippen molar-refractivity contribution in [3.63, 3.8) is 0 Å². The lowest BCUT2D eigenvalue weighted by Gasteiger charge is -2.30. The topological polar surface area (TPSA) is 40.5 Å². The summed E-state index contributed by atoms with van der Waals surface area (Å²) in [7, 11) is 0. The zero-order valence-corrected chi connectivity index (χ0v) is 9.03. The number of nitrogens with zero attached hydrogens (tertiary/aromatic N) is 1. The summed E-state index contributed by atoms with van der Waals surface area (Å²) >= 11 is 0. The summed E-state index contributed by atoms with van der Waals surface area (Å²) in [6, 6.07) is 8.12. The van der Waals surface area contributed by atoms with Gasteiger partial charge in [0.2, 0.25) is 0 Å². The summed E-state index contributed by atoms with van der Waals surface area (Å²) < 4.78 is 0. The summed E-state index contributed by atoms with van der Waals surface area (Å²) in [5.74, 6) is -0.768. The Morgan fingerprint density at radius 2 is 1.73 bits per heavy atom. The standard InChI is InChI=1S/C12H15NO2/c1-12(2,11(14)15)13-7-9-5-3-4-6-10(9)8-13/h3-6H,7-8H2,1-2H3,(H,14,15). The SMILES string of the molecule is CC(C)(C(=O)O)N1Cc2ccccc2C1. The first-order valence-corrected chi connectivity index (χ1v) is 5.07. The molecule has 0 radical (unpaired) electrons. The molecule has 0 saturated heterocycles. The number of fused-ring (bicyclic) bond motifs is 1. The van der Waals surface area contributed by atoms with Crippen molar-refractivity contribution in [2.24, 2.45) is 0 Å². The molecule has 3 nitrogen and oxygen atoms in total. The van der Waals surface area contributed by atoms with Crippen LogP contribution in [0.3, 0.4) is 0 Å². The Morgan fingerprint density at radius 3 is 2.13 bits per heavy atom. The molecule has 0 spiro atoms. The molecule has 1 aromatic rings. The van der Waals surface area contributed by atoms with Crippen molar-refractivity contribution >= 4 is 5.97 Å². The molecule has 0 unspecified atom stereocenters. The van der Waals surface area contributed by atoms with Crippen LogP contribution in [0.25, 0.3) is 0 Å². The number of carbonyl (C=O) groups is 1. The number of carboxylic acids is 1. The Morgan fingerprint density at radius 1 is 1.27 bits per heavy atom. The highest BCUT2D eigenvalue weighted by atomic mass is 16.4. The van der Waals surface area contributed by atoms with Crippen molar-refractivity contribution in [1.82, 2.24) is 4.90 Å². The maximum absolute atomic E-state index is 11.1. The average Bonchev–Trinajstić information content (AvgIpc) is 2.61. The van der Waals surface area contributed by atoms with Crippen LogP contribution in [0.15, 0.2) is 24.3 Å². The molecule has 0 bridgehead atoms. The molecule has 0 aliphatic carbocycles. The summed E-state index contributed by atoms with van der Waals surface area (Å²) in [5, 5.41) is 9.14. The van der Waals surface area contributed by atoms with E-state index in [-0.39, 0.29) is 0 Å². The molecule has 0 amide bonds. The Bertz CT molecular complexity index is 373. The number of aliphatic carboxylic acids is 1. The van der Waals surface area contributed by atoms with Gasteiger partial charge in [-0.2, -0.15) is 0 Å². The molecule has 1 aliphatic heterocycles. The highest BCUT2D eigenvalue weighted by Crippen LogP contribution is 2.29. The van der Waals surface area contributed by atoms with Crippen molar-refractivity contribution in [3.8, 4) is 0 Å². The van der Waals surface area contributed by atoms with E-state index in [0.717, 1.165) is 13.1 Å². The summed E-state index contributed by atoms with van der Waals surface area (Å²) in [6.07, 6.45) is 0. The minimum absolute atomic E-state index is 0.732. The van der Waals surface area contributed by atoms with Crippen LogP contribution < -0.4 is 0 Å². The van der Waals surface area contributed by atoms with Crippen LogP contribution in [-0.2, 0) is 17.9 Å². The van der Waals surface area contributed by atoms with Gasteiger partial charge in [-0.05, 0) is 25.0 Å². The molecule has 1 heterocycles. The second-order valence-corrected chi connectivity index (χ2v) is 4.49. The minimum atomic E-state index is -0.793. The number of carboxylic acid groups (broad SMARTS) is 1. The van der Waals surface area contributed by atoms with Gasteiger partial charge in [-0.3, -0.25) is 9.69 Å². The van der Waals surface area contributed by atoms with Gasteiger partial charge in [0.05, 0.1) is 0 Å². The molecule has 1 aromatic carbocycles. The van der Waals surface area contributed by atoms with Crippen LogP contribution in [0.1, 0.15) is 25.0 Å². The van der Waals surface area contributed by atoms with E-state index < -0.39 is 11.5 Å². The maximum atomic E-state index is 11.1. The summed E-state index contributed by atoms with van der Waals surface area (Å²) in [5.41, 5.74) is 1.69. The third kappa shape index (κ3) is 1.63. The second kappa shape index (κ2) is 3.35. The summed E-state index contributed by atoms with van der Waals surface area (Å²) in [6.45, 7) is 4.97. The van der Waals surface area contributed by atoms with Gasteiger partial charge in [-0.15, -0.1) is 0 Å². The van der Waals surface area contributed by atoms with Crippen LogP contribution in [0.5, 0.6) is 0 Å². The van der Waals surface area contributed by atoms with E-state index in [1.807, 2.05) is 17.0 Å². The van der Waals surface area contributed by atoms with Gasteiger partial charge in [0, 0.05) is 13.1 Å². The van der Waals surface area contributed by atoms with Crippen LogP contribution in [-0.4, -0.2) is 21.5 Å². The molecule has 1 N–H and O–H groups in total. The number of hydrogen-bond donors (Lipinski definition) is 1. The molecular weight excluding hydrogens is 190 g/mol. The number of rotatable bonds is 2. The van der Waals surface area contributed by atoms with Gasteiger partial charge in [-0.1, -0.05) is 24.3 Å². The maximum Gasteiger partial charge on any atom is 0.323 e. The van der Waals surface area contributed by atoms with Gasteiger partial charge < -0.3 is 5.11 Å². The summed E-state index contributed by atoms with van der Waals surface area (Å²) in [4.78, 5) is 13.1. The lowest BCUT2D eigenvalue weighted by molar-refractivity contribution is -0.149. The predicted molar refractivity (Wildman–Crippen MR) is 57.4 cm³/mol. The number of hydrogen-bond acceptors (Lipinski definition) is 2. The number of benzene rings is 1. The molecule has 0 fully saturated rings. The van der Waals surface area contributed by atoms with E-state index in [4.69, 9.17) is 5.11 Å². The second-order valence-electron chi connectivity index (χ2n) is 4.49. The fraction of sp³-hybridized carbons (Fsp3) is 0.417. The Balaban J connectivity index is 2.24. The Hall–Kier alpha value is -1.35. The quantitative estimate of drug-likeness (QED) is 0.801. The Kier molecular flexibility index (Phi) is 2.27. The van der Waals surface area contributed by atoms with E-state index in [1.54, 1.807) is 13.8 Å². The van der Waals surface area contributed by atoms with Crippen molar-refractivity contribution in [2.45, 2.75) is 32.5 Å². The van der Waals surface area contributed by atoms with E-state index in [2.05, 4.69) is 12.1 Å². The van der Waals surface area contributed by atoms with Gasteiger partial charge in [0.25, 0.3) is 0 Å². The smallest absolute Gasteiger partial charge is 0.323 e. The van der Waals surface area contributed by atoms with Gasteiger partial charge in [0.1, 0.15) is 5.54 Å². The molecule has 2 rings (SSSR count). The molecule has 0 aromatic heterocycles. The third-order valence-electron chi connectivity index (χ3n) is 3.15. The van der Waals surface area contributed by atoms with Crippen LogP contribution in [0.4, 0.5) is 0 Å². The largest absolute Gasteiger partial charge is 0.480 e. The zero-order valence-electron chi connectivity index (χ0n) is 9.03. The molecule has 80 valence electrons. The minimum Gasteiger partial charge on any atom is -0.480 e. The molecule has 0 atom stereocenters. The van der Waals surface area contributed by atoms with Crippen LogP contribution in [0.2, 0.25) is 0 Å². The van der Waals surface area contributed by atoms with E-state index >= 15 is 0 Å². The highest BCUT2D eigenvalue weighted by molar-refractivity contribution is 5.77. The zero-order chi connectivity index (χ0) is 11.1. The lowest BCUT2D eigenvalue weighted by Crippen LogP contribution is -2.47. The monoisotopic (exact) mass is 205 g/mol. The van der Waals surface area contributed by atoms with Gasteiger partial charge in [-0.25, -0.2) is 0 Å². The fourth-order valence-electron chi connectivity index (χ4n) is 1.86. The average molecular weight is 205 g/mol. The molecule has 15 heavy (non-hydrogen) atoms. The van der Waals surface area contributed by atoms with E-state index in [0.29, 0.717) is 0 Å². The first-order valence-electron chi connectivity index (χ1n) is 5.07. The van der Waals surface area contributed by atoms with Crippen molar-refractivity contribution in [1.29, 1.82) is 0 Å².